The molecule has 10 nitrogen and oxygen atoms in total. The highest BCUT2D eigenvalue weighted by Crippen LogP contribution is 2.45. The van der Waals surface area contributed by atoms with E-state index >= 15 is 4.39 Å². The molecule has 2 aromatic heterocycles. The van der Waals surface area contributed by atoms with Crippen molar-refractivity contribution in [3.8, 4) is 11.5 Å². The summed E-state index contributed by atoms with van der Waals surface area (Å²) in [6.45, 7) is 14.6. The molecule has 3 atom stereocenters. The monoisotopic (exact) mass is 754 g/mol. The average Bonchev–Trinajstić information content (AvgIpc) is 3.71. The number of nitrogens with zero attached hydrogens (tertiary/aromatic N) is 3. The number of benzene rings is 3. The van der Waals surface area contributed by atoms with Gasteiger partial charge in [-0.05, 0) is 59.1 Å². The van der Waals surface area contributed by atoms with E-state index in [4.69, 9.17) is 23.4 Å². The van der Waals surface area contributed by atoms with E-state index in [0.717, 1.165) is 28.2 Å². The number of methoxy groups -OCH3 is 2. The molecule has 1 fully saturated rings. The minimum absolute atomic E-state index is 0.0994. The van der Waals surface area contributed by atoms with Crippen molar-refractivity contribution in [1.82, 2.24) is 14.5 Å². The Bertz CT molecular complexity index is 2000. The number of amides is 1. The highest BCUT2D eigenvalue weighted by molar-refractivity contribution is 6.74. The number of nitrogens with one attached hydrogen (secondary N) is 1. The second-order valence-corrected chi connectivity index (χ2v) is 20.3. The number of anilines is 1. The molecule has 1 aliphatic heterocycles. The van der Waals surface area contributed by atoms with E-state index in [9.17, 15) is 4.79 Å². The fourth-order valence-electron chi connectivity index (χ4n) is 6.61. The van der Waals surface area contributed by atoms with E-state index in [1.807, 2.05) is 66.7 Å². The Balaban J connectivity index is 1.42. The molecule has 0 saturated carbocycles. The van der Waals surface area contributed by atoms with Crippen LogP contribution in [0.25, 0.3) is 11.0 Å². The van der Waals surface area contributed by atoms with Crippen molar-refractivity contribution in [3.63, 3.8) is 0 Å². The lowest BCUT2D eigenvalue weighted by Crippen LogP contribution is -2.45. The van der Waals surface area contributed by atoms with Crippen molar-refractivity contribution in [2.45, 2.75) is 83.2 Å². The van der Waals surface area contributed by atoms with Gasteiger partial charge in [0.25, 0.3) is 0 Å². The predicted octanol–water partition coefficient (Wildman–Crippen LogP) is 8.87. The van der Waals surface area contributed by atoms with Crippen molar-refractivity contribution in [3.05, 3.63) is 114 Å². The molecule has 0 aliphatic carbocycles. The predicted molar refractivity (Wildman–Crippen MR) is 210 cm³/mol. The van der Waals surface area contributed by atoms with Crippen molar-refractivity contribution in [2.24, 2.45) is 5.92 Å². The Morgan fingerprint density at radius 3 is 2.04 bits per heavy atom. The maximum absolute atomic E-state index is 15.9. The van der Waals surface area contributed by atoms with Crippen LogP contribution < -0.4 is 14.8 Å². The van der Waals surface area contributed by atoms with Crippen LogP contribution in [0.4, 0.5) is 10.2 Å². The number of fused-ring (bicyclic) bond motifs is 1. The van der Waals surface area contributed by atoms with E-state index in [0.29, 0.717) is 12.1 Å². The number of aromatic nitrogens is 3. The maximum atomic E-state index is 15.9. The molecule has 12 heteroatoms. The maximum Gasteiger partial charge on any atom is 0.228 e. The molecule has 1 N–H and O–H groups in total. The molecule has 3 heterocycles. The van der Waals surface area contributed by atoms with Gasteiger partial charge >= 0.3 is 0 Å². The third-order valence-electron chi connectivity index (χ3n) is 10.7. The van der Waals surface area contributed by atoms with Crippen molar-refractivity contribution < 1.29 is 32.6 Å². The second kappa shape index (κ2) is 15.6. The molecule has 5 aromatic rings. The first-order valence-electron chi connectivity index (χ1n) is 18.3. The molecule has 54 heavy (non-hydrogen) atoms. The van der Waals surface area contributed by atoms with Crippen molar-refractivity contribution in [1.29, 1.82) is 0 Å². The molecule has 0 radical (unpaired) electrons. The summed E-state index contributed by atoms with van der Waals surface area (Å²) >= 11 is 0. The Kier molecular flexibility index (Phi) is 11.3. The van der Waals surface area contributed by atoms with Gasteiger partial charge in [-0.15, -0.1) is 0 Å². The Morgan fingerprint density at radius 1 is 0.926 bits per heavy atom. The topological polar surface area (TPSA) is 106 Å². The van der Waals surface area contributed by atoms with Gasteiger partial charge in [0.15, 0.2) is 26.0 Å². The summed E-state index contributed by atoms with van der Waals surface area (Å²) in [6, 6.07) is 25.9. The molecule has 0 spiro atoms. The van der Waals surface area contributed by atoms with Gasteiger partial charge in [0.2, 0.25) is 5.91 Å². The number of ether oxygens (including phenoxy) is 4. The highest BCUT2D eigenvalue weighted by Gasteiger charge is 2.47. The van der Waals surface area contributed by atoms with E-state index in [1.54, 1.807) is 32.6 Å². The largest absolute Gasteiger partial charge is 0.497 e. The smallest absolute Gasteiger partial charge is 0.228 e. The minimum atomic E-state index is -2.36. The zero-order valence-corrected chi connectivity index (χ0v) is 33.6. The number of hydrogen-bond donors (Lipinski definition) is 1. The zero-order valence-electron chi connectivity index (χ0n) is 32.6. The van der Waals surface area contributed by atoms with Crippen LogP contribution in [0.2, 0.25) is 18.1 Å². The number of carbonyl (C=O) groups excluding carboxylic acids is 1. The van der Waals surface area contributed by atoms with E-state index in [-0.39, 0.29) is 34.7 Å². The first-order chi connectivity index (χ1) is 25.7. The molecule has 1 saturated heterocycles. The fraction of sp³-hybridized carbons (Fsp3) is 0.405. The number of halogens is 1. The van der Waals surface area contributed by atoms with E-state index in [1.165, 1.54) is 12.5 Å². The first kappa shape index (κ1) is 39.1. The molecule has 0 bridgehead atoms. The molecule has 3 aromatic carbocycles. The van der Waals surface area contributed by atoms with Crippen LogP contribution in [0.1, 0.15) is 64.0 Å². The van der Waals surface area contributed by atoms with Crippen LogP contribution >= 0.6 is 0 Å². The summed E-state index contributed by atoms with van der Waals surface area (Å²) in [5, 5.41) is 2.78. The SMILES string of the molecule is COc1ccc(C(OC[C@H]2C[C@@H](O[Si](C)(C)C(C)(C)C)[C@H](n3cc(F)c4c(NC(=O)C(C)C)ncnc43)O2)(c2ccccc2)c2ccc(OC)cc2)cc1. The first-order valence-corrected chi connectivity index (χ1v) is 21.2. The van der Waals surface area contributed by atoms with Gasteiger partial charge in [0, 0.05) is 18.5 Å². The van der Waals surface area contributed by atoms with Gasteiger partial charge in [0.1, 0.15) is 29.2 Å². The summed E-state index contributed by atoms with van der Waals surface area (Å²) in [7, 11) is 0.928. The lowest BCUT2D eigenvalue weighted by Gasteiger charge is -2.39. The third-order valence-corrected chi connectivity index (χ3v) is 15.2. The molecular formula is C42H51FN4O6Si. The fourth-order valence-corrected chi connectivity index (χ4v) is 7.93. The molecule has 286 valence electrons. The summed E-state index contributed by atoms with van der Waals surface area (Å²) in [5.41, 5.74) is 1.96. The standard InChI is InChI=1S/C42H51FN4O6Si/c1-27(2)39(48)46-37-36-34(43)24-47(38(36)45-26-44-37)40-35(53-54(8,9)41(3,4)5)23-33(52-40)25-51-42(28-13-11-10-12-14-28,29-15-19-31(49-6)20-16-29)30-17-21-32(50-7)22-18-30/h10-22,24,26-27,33,35,40H,23,25H2,1-9H3,(H,44,45,46,48)/t33-,35-,40-/m1/s1. The molecule has 1 amide bonds. The Morgan fingerprint density at radius 2 is 1.50 bits per heavy atom. The Labute approximate surface area is 318 Å². The van der Waals surface area contributed by atoms with Gasteiger partial charge in [-0.1, -0.05) is 89.2 Å². The van der Waals surface area contributed by atoms with Gasteiger partial charge in [0.05, 0.1) is 38.4 Å². The molecular weight excluding hydrogens is 704 g/mol. The minimum Gasteiger partial charge on any atom is -0.497 e. The van der Waals surface area contributed by atoms with Crippen LogP contribution in [0.15, 0.2) is 91.4 Å². The summed E-state index contributed by atoms with van der Waals surface area (Å²) < 4.78 is 49.8. The summed E-state index contributed by atoms with van der Waals surface area (Å²) in [5.74, 6) is 0.406. The van der Waals surface area contributed by atoms with Crippen LogP contribution in [0.5, 0.6) is 11.5 Å². The molecule has 6 rings (SSSR count). The van der Waals surface area contributed by atoms with E-state index in [2.05, 4.69) is 61.3 Å². The van der Waals surface area contributed by atoms with Crippen molar-refractivity contribution in [2.75, 3.05) is 26.1 Å². The van der Waals surface area contributed by atoms with Gasteiger partial charge in [-0.25, -0.2) is 14.4 Å². The lowest BCUT2D eigenvalue weighted by molar-refractivity contribution is -0.118. The van der Waals surface area contributed by atoms with Gasteiger partial charge in [-0.3, -0.25) is 4.79 Å². The van der Waals surface area contributed by atoms with Crippen LogP contribution in [-0.2, 0) is 24.3 Å². The summed E-state index contributed by atoms with van der Waals surface area (Å²) in [6.07, 6.45) is 1.53. The zero-order chi connectivity index (χ0) is 38.8. The number of hydrogen-bond acceptors (Lipinski definition) is 8. The second-order valence-electron chi connectivity index (χ2n) is 15.6. The van der Waals surface area contributed by atoms with Gasteiger partial charge in [-0.2, -0.15) is 0 Å². The van der Waals surface area contributed by atoms with Crippen LogP contribution in [0, 0.1) is 11.7 Å². The molecule has 0 unspecified atom stereocenters. The van der Waals surface area contributed by atoms with Crippen LogP contribution in [0.3, 0.4) is 0 Å². The summed E-state index contributed by atoms with van der Waals surface area (Å²) in [4.78, 5) is 21.3. The quantitative estimate of drug-likeness (QED) is 0.0939. The molecule has 1 aliphatic rings. The third kappa shape index (κ3) is 7.65. The van der Waals surface area contributed by atoms with Crippen molar-refractivity contribution >= 4 is 31.1 Å². The van der Waals surface area contributed by atoms with E-state index < -0.39 is 38.2 Å². The number of carbonyl (C=O) groups is 1. The number of rotatable bonds is 13. The average molecular weight is 755 g/mol. The normalized spacial score (nSPS) is 17.9. The van der Waals surface area contributed by atoms with Gasteiger partial charge < -0.3 is 33.3 Å². The highest BCUT2D eigenvalue weighted by atomic mass is 28.4. The van der Waals surface area contributed by atoms with Crippen LogP contribution in [-0.4, -0.2) is 61.8 Å². The Hall–Kier alpha value is -4.62. The lowest BCUT2D eigenvalue weighted by atomic mass is 9.80.